The van der Waals surface area contributed by atoms with Crippen LogP contribution >= 0.6 is 0 Å². The van der Waals surface area contributed by atoms with Gasteiger partial charge in [-0.15, -0.1) is 0 Å². The maximum atomic E-state index is 6.31. The molecule has 4 aromatic carbocycles. The van der Waals surface area contributed by atoms with E-state index in [2.05, 4.69) is 102 Å². The van der Waals surface area contributed by atoms with Gasteiger partial charge in [0.15, 0.2) is 0 Å². The van der Waals surface area contributed by atoms with Gasteiger partial charge in [-0.1, -0.05) is 48.5 Å². The van der Waals surface area contributed by atoms with Crippen LogP contribution in [0.4, 0.5) is 11.4 Å². The van der Waals surface area contributed by atoms with E-state index in [1.54, 1.807) is 0 Å². The van der Waals surface area contributed by atoms with Crippen LogP contribution in [0.1, 0.15) is 44.5 Å². The van der Waals surface area contributed by atoms with Gasteiger partial charge >= 0.3 is 0 Å². The van der Waals surface area contributed by atoms with Gasteiger partial charge in [0, 0.05) is 23.8 Å². The Bertz CT molecular complexity index is 1590. The second-order valence-corrected chi connectivity index (χ2v) is 12.3. The molecule has 0 amide bonds. The number of hydrogen-bond acceptors (Lipinski definition) is 5. The highest BCUT2D eigenvalue weighted by atomic mass is 16.5. The van der Waals surface area contributed by atoms with Crippen LogP contribution in [0.5, 0.6) is 11.5 Å². The van der Waals surface area contributed by atoms with Crippen molar-refractivity contribution in [3.63, 3.8) is 0 Å². The minimum Gasteiger partial charge on any atom is -0.491 e. The van der Waals surface area contributed by atoms with Crippen molar-refractivity contribution < 1.29 is 14.2 Å². The van der Waals surface area contributed by atoms with Gasteiger partial charge in [0.1, 0.15) is 24.7 Å². The molecule has 3 aliphatic heterocycles. The van der Waals surface area contributed by atoms with Crippen LogP contribution in [-0.2, 0) is 56.1 Å². The number of anilines is 2. The van der Waals surface area contributed by atoms with Crippen molar-refractivity contribution in [2.75, 3.05) is 36.2 Å². The molecule has 15 rings (SSSR count). The number of nitrogens with zero attached hydrogens (tertiary/aromatic N) is 2. The maximum Gasteiger partial charge on any atom is 0.217 e. The number of aryl methyl sites for hydroxylation is 8. The zero-order valence-electron chi connectivity index (χ0n) is 25.2. The molecule has 14 bridgehead atoms. The summed E-state index contributed by atoms with van der Waals surface area (Å²) in [5, 5.41) is 0. The molecule has 44 heavy (non-hydrogen) atoms. The van der Waals surface area contributed by atoms with Crippen molar-refractivity contribution >= 4 is 11.4 Å². The Kier molecular flexibility index (Phi) is 7.49. The molecule has 0 fully saturated rings. The molecule has 8 aliphatic carbocycles. The molecular weight excluding hydrogens is 544 g/mol. The lowest BCUT2D eigenvalue weighted by Crippen LogP contribution is -2.21. The van der Waals surface area contributed by atoms with E-state index in [1.165, 1.54) is 55.9 Å². The third-order valence-electron chi connectivity index (χ3n) is 9.36. The van der Waals surface area contributed by atoms with Crippen LogP contribution in [0.15, 0.2) is 85.2 Å². The molecule has 4 aromatic rings. The Morgan fingerprint density at radius 3 is 1.32 bits per heavy atom. The van der Waals surface area contributed by atoms with E-state index in [9.17, 15) is 0 Å². The Hall–Kier alpha value is -4.22. The number of fused-ring (bicyclic) bond motifs is 6. The Morgan fingerprint density at radius 2 is 0.841 bits per heavy atom. The molecule has 0 saturated heterocycles. The second kappa shape index (κ2) is 12.0. The van der Waals surface area contributed by atoms with E-state index in [4.69, 9.17) is 14.2 Å². The first-order chi connectivity index (χ1) is 21.7. The maximum absolute atomic E-state index is 6.31. The zero-order valence-corrected chi connectivity index (χ0v) is 25.2. The number of rotatable bonds is 0. The molecular formula is C39H38N2O3. The Morgan fingerprint density at radius 1 is 0.432 bits per heavy atom. The van der Waals surface area contributed by atoms with Crippen LogP contribution in [-0.4, -0.2) is 26.4 Å². The zero-order chi connectivity index (χ0) is 29.3. The molecule has 0 saturated carbocycles. The molecule has 0 spiro atoms. The monoisotopic (exact) mass is 582 g/mol. The third-order valence-corrected chi connectivity index (χ3v) is 9.36. The van der Waals surface area contributed by atoms with Gasteiger partial charge < -0.3 is 24.0 Å². The van der Waals surface area contributed by atoms with Gasteiger partial charge in [0.2, 0.25) is 6.67 Å². The summed E-state index contributed by atoms with van der Waals surface area (Å²) in [6.45, 7) is 5.84. The predicted octanol–water partition coefficient (Wildman–Crippen LogP) is 7.04. The predicted molar refractivity (Wildman–Crippen MR) is 175 cm³/mol. The highest BCUT2D eigenvalue weighted by molar-refractivity contribution is 5.68. The SMILES string of the molecule is [C]1N2C=CN1c1cc3ccc1CCc1ccc(c(c1)OCCOCCOc1cc4ccc1CCc1ccc(c2c1)CC4)CC3. The molecule has 3 heterocycles. The van der Waals surface area contributed by atoms with Crippen LogP contribution in [0.2, 0.25) is 0 Å². The topological polar surface area (TPSA) is 34.2 Å². The fourth-order valence-corrected chi connectivity index (χ4v) is 6.82. The van der Waals surface area contributed by atoms with Crippen LogP contribution in [0.25, 0.3) is 0 Å². The van der Waals surface area contributed by atoms with Crippen LogP contribution in [0, 0.1) is 6.67 Å². The van der Waals surface area contributed by atoms with Crippen LogP contribution < -0.4 is 19.3 Å². The molecule has 0 unspecified atom stereocenters. The average Bonchev–Trinajstić information content (AvgIpc) is 3.53. The normalized spacial score (nSPS) is 17.8. The van der Waals surface area contributed by atoms with E-state index in [1.807, 2.05) is 0 Å². The van der Waals surface area contributed by atoms with Crippen molar-refractivity contribution in [2.45, 2.75) is 51.4 Å². The van der Waals surface area contributed by atoms with Crippen molar-refractivity contribution in [2.24, 2.45) is 0 Å². The first kappa shape index (κ1) is 27.3. The molecule has 2 radical (unpaired) electrons. The fraction of sp³-hybridized carbons (Fsp3) is 0.308. The summed E-state index contributed by atoms with van der Waals surface area (Å²) in [5.41, 5.74) is 12.8. The van der Waals surface area contributed by atoms with E-state index in [-0.39, 0.29) is 0 Å². The van der Waals surface area contributed by atoms with E-state index >= 15 is 0 Å². The van der Waals surface area contributed by atoms with Gasteiger partial charge in [-0.2, -0.15) is 0 Å². The number of benzene rings is 4. The van der Waals surface area contributed by atoms with E-state index in [0.29, 0.717) is 26.4 Å². The van der Waals surface area contributed by atoms with Crippen LogP contribution in [0.3, 0.4) is 0 Å². The lowest BCUT2D eigenvalue weighted by Gasteiger charge is -2.25. The van der Waals surface area contributed by atoms with Crippen molar-refractivity contribution in [1.29, 1.82) is 0 Å². The summed E-state index contributed by atoms with van der Waals surface area (Å²) in [4.78, 5) is 4.39. The second-order valence-electron chi connectivity index (χ2n) is 12.3. The quantitative estimate of drug-likeness (QED) is 0.208. The van der Waals surface area contributed by atoms with Gasteiger partial charge in [-0.25, -0.2) is 0 Å². The lowest BCUT2D eigenvalue weighted by atomic mass is 9.94. The molecule has 0 N–H and O–H groups in total. The summed E-state index contributed by atoms with van der Waals surface area (Å²) in [5.74, 6) is 1.97. The highest BCUT2D eigenvalue weighted by Crippen LogP contribution is 2.36. The third kappa shape index (κ3) is 5.69. The average molecular weight is 583 g/mol. The summed E-state index contributed by atoms with van der Waals surface area (Å²) >= 11 is 0. The fourth-order valence-electron chi connectivity index (χ4n) is 6.82. The highest BCUT2D eigenvalue weighted by Gasteiger charge is 2.24. The molecule has 5 nitrogen and oxygen atoms in total. The summed E-state index contributed by atoms with van der Waals surface area (Å²) in [7, 11) is 0. The first-order valence-corrected chi connectivity index (χ1v) is 16.1. The number of ether oxygens (including phenoxy) is 3. The Labute approximate surface area is 260 Å². The molecule has 0 aromatic heterocycles. The minimum atomic E-state index is 0.527. The van der Waals surface area contributed by atoms with Crippen molar-refractivity contribution in [3.05, 3.63) is 136 Å². The smallest absolute Gasteiger partial charge is 0.217 e. The Balaban J connectivity index is 1.16. The first-order valence-electron chi connectivity index (χ1n) is 16.1. The molecule has 11 aliphatic rings. The van der Waals surface area contributed by atoms with Gasteiger partial charge in [0.05, 0.1) is 13.2 Å². The van der Waals surface area contributed by atoms with E-state index < -0.39 is 0 Å². The summed E-state index contributed by atoms with van der Waals surface area (Å²) in [6.07, 6.45) is 11.9. The van der Waals surface area contributed by atoms with Crippen molar-refractivity contribution in [1.82, 2.24) is 0 Å². The molecule has 5 heteroatoms. The lowest BCUT2D eigenvalue weighted by molar-refractivity contribution is 0.0759. The van der Waals surface area contributed by atoms with E-state index in [0.717, 1.165) is 62.9 Å². The van der Waals surface area contributed by atoms with Gasteiger partial charge in [0.25, 0.3) is 0 Å². The largest absolute Gasteiger partial charge is 0.491 e. The van der Waals surface area contributed by atoms with Crippen molar-refractivity contribution in [3.8, 4) is 11.5 Å². The summed E-state index contributed by atoms with van der Waals surface area (Å²) in [6, 6.07) is 27.5. The standard InChI is InChI=1S/C39H38N2O3/c1-9-32-11-3-30-7-15-34-13-5-28(1)23-36(32)40-17-18-41(27-40)37-24-29-2-10-33(37)12-4-31-8-16-35(14-6-29)39(26-31)44-22-20-42-19-21-43-38(34)25-30/h1-2,7-10,15-18,23-26H,3-6,11-14,19-22H2. The molecule has 0 atom stereocenters. The molecule has 222 valence electrons. The summed E-state index contributed by atoms with van der Waals surface area (Å²) < 4.78 is 18.6. The minimum absolute atomic E-state index is 0.527. The van der Waals surface area contributed by atoms with Gasteiger partial charge in [-0.05, 0) is 120 Å². The number of hydrogen-bond donors (Lipinski definition) is 0. The van der Waals surface area contributed by atoms with Gasteiger partial charge in [-0.3, -0.25) is 0 Å².